The van der Waals surface area contributed by atoms with E-state index in [0.717, 1.165) is 6.42 Å². The molecule has 5 nitrogen and oxygen atoms in total. The van der Waals surface area contributed by atoms with Crippen LogP contribution in [0.25, 0.3) is 0 Å². The average Bonchev–Trinajstić information content (AvgIpc) is 2.80. The standard InChI is InChI=1S/C18H26FN3O2/c1-3-9-18(2,20)17(24)22-11-6-10-21(12-13-22)16(23)14-7-4-5-8-15(14)19/h4-5,7-8H,3,6,9-13,20H2,1-2H3. The van der Waals surface area contributed by atoms with Crippen molar-refractivity contribution in [1.29, 1.82) is 0 Å². The first-order valence-electron chi connectivity index (χ1n) is 8.49. The van der Waals surface area contributed by atoms with Crippen LogP contribution in [-0.2, 0) is 4.79 Å². The molecule has 1 fully saturated rings. The molecule has 1 aliphatic rings. The predicted molar refractivity (Wildman–Crippen MR) is 91.0 cm³/mol. The van der Waals surface area contributed by atoms with Gasteiger partial charge in [-0.1, -0.05) is 25.5 Å². The van der Waals surface area contributed by atoms with Gasteiger partial charge in [-0.3, -0.25) is 9.59 Å². The Bertz CT molecular complexity index is 604. The van der Waals surface area contributed by atoms with Gasteiger partial charge in [0, 0.05) is 26.2 Å². The molecule has 24 heavy (non-hydrogen) atoms. The molecule has 0 bridgehead atoms. The van der Waals surface area contributed by atoms with E-state index >= 15 is 0 Å². The molecule has 1 aromatic carbocycles. The number of carbonyl (C=O) groups is 2. The van der Waals surface area contributed by atoms with Crippen LogP contribution < -0.4 is 5.73 Å². The first-order chi connectivity index (χ1) is 11.4. The molecule has 0 aromatic heterocycles. The zero-order chi connectivity index (χ0) is 17.7. The van der Waals surface area contributed by atoms with Crippen molar-refractivity contribution in [3.63, 3.8) is 0 Å². The van der Waals surface area contributed by atoms with Crippen molar-refractivity contribution in [1.82, 2.24) is 9.80 Å². The Hall–Kier alpha value is -1.95. The van der Waals surface area contributed by atoms with Crippen LogP contribution in [0.5, 0.6) is 0 Å². The molecule has 132 valence electrons. The lowest BCUT2D eigenvalue weighted by Crippen LogP contribution is -2.54. The second-order valence-corrected chi connectivity index (χ2v) is 6.59. The fourth-order valence-corrected chi connectivity index (χ4v) is 3.12. The summed E-state index contributed by atoms with van der Waals surface area (Å²) in [7, 11) is 0. The lowest BCUT2D eigenvalue weighted by molar-refractivity contribution is -0.136. The molecule has 1 atom stereocenters. The fourth-order valence-electron chi connectivity index (χ4n) is 3.12. The SMILES string of the molecule is CCCC(C)(N)C(=O)N1CCCN(C(=O)c2ccccc2F)CC1. The number of hydrogen-bond donors (Lipinski definition) is 1. The third-order valence-electron chi connectivity index (χ3n) is 4.43. The molecule has 0 spiro atoms. The molecular formula is C18H26FN3O2. The van der Waals surface area contributed by atoms with Crippen molar-refractivity contribution in [3.8, 4) is 0 Å². The van der Waals surface area contributed by atoms with E-state index in [2.05, 4.69) is 0 Å². The minimum atomic E-state index is -0.876. The highest BCUT2D eigenvalue weighted by Gasteiger charge is 2.33. The van der Waals surface area contributed by atoms with E-state index in [4.69, 9.17) is 5.73 Å². The Morgan fingerprint density at radius 2 is 1.79 bits per heavy atom. The molecule has 2 N–H and O–H groups in total. The highest BCUT2D eigenvalue weighted by atomic mass is 19.1. The summed E-state index contributed by atoms with van der Waals surface area (Å²) in [5.74, 6) is -0.923. The van der Waals surface area contributed by atoms with Crippen molar-refractivity contribution in [2.75, 3.05) is 26.2 Å². The molecule has 0 saturated carbocycles. The van der Waals surface area contributed by atoms with Gasteiger partial charge in [0.2, 0.25) is 5.91 Å². The quantitative estimate of drug-likeness (QED) is 0.915. The number of hydrogen-bond acceptors (Lipinski definition) is 3. The summed E-state index contributed by atoms with van der Waals surface area (Å²) in [5, 5.41) is 0. The molecule has 6 heteroatoms. The van der Waals surface area contributed by atoms with E-state index in [0.29, 0.717) is 39.0 Å². The monoisotopic (exact) mass is 335 g/mol. The topological polar surface area (TPSA) is 66.6 Å². The molecule has 2 rings (SSSR count). The number of carbonyl (C=O) groups excluding carboxylic acids is 2. The van der Waals surface area contributed by atoms with Crippen LogP contribution in [0.4, 0.5) is 4.39 Å². The lowest BCUT2D eigenvalue weighted by Gasteiger charge is -2.31. The van der Waals surface area contributed by atoms with E-state index in [1.54, 1.807) is 28.9 Å². The van der Waals surface area contributed by atoms with Gasteiger partial charge >= 0.3 is 0 Å². The third-order valence-corrected chi connectivity index (χ3v) is 4.43. The third kappa shape index (κ3) is 4.12. The van der Waals surface area contributed by atoms with E-state index in [1.165, 1.54) is 12.1 Å². The number of rotatable bonds is 4. The molecule has 1 aliphatic heterocycles. The molecule has 0 aliphatic carbocycles. The van der Waals surface area contributed by atoms with Gasteiger partial charge in [0.15, 0.2) is 0 Å². The normalized spacial score (nSPS) is 18.0. The molecular weight excluding hydrogens is 309 g/mol. The molecule has 1 unspecified atom stereocenters. The van der Waals surface area contributed by atoms with Crippen molar-refractivity contribution < 1.29 is 14.0 Å². The van der Waals surface area contributed by atoms with Gasteiger partial charge < -0.3 is 15.5 Å². The molecule has 2 amide bonds. The van der Waals surface area contributed by atoms with Crippen molar-refractivity contribution >= 4 is 11.8 Å². The minimum Gasteiger partial charge on any atom is -0.339 e. The summed E-state index contributed by atoms with van der Waals surface area (Å²) in [6, 6.07) is 5.98. The Kier molecular flexibility index (Phi) is 5.94. The highest BCUT2D eigenvalue weighted by molar-refractivity contribution is 5.94. The maximum atomic E-state index is 13.8. The van der Waals surface area contributed by atoms with Crippen molar-refractivity contribution in [2.45, 2.75) is 38.6 Å². The van der Waals surface area contributed by atoms with Crippen LogP contribution in [0.1, 0.15) is 43.5 Å². The summed E-state index contributed by atoms with van der Waals surface area (Å²) in [6.45, 7) is 5.64. The number of nitrogens with zero attached hydrogens (tertiary/aromatic N) is 2. The largest absolute Gasteiger partial charge is 0.339 e. The van der Waals surface area contributed by atoms with Gasteiger partial charge in [-0.15, -0.1) is 0 Å². The summed E-state index contributed by atoms with van der Waals surface area (Å²) in [6.07, 6.45) is 2.12. The van der Waals surface area contributed by atoms with Gasteiger partial charge in [-0.05, 0) is 31.9 Å². The Morgan fingerprint density at radius 3 is 2.46 bits per heavy atom. The first-order valence-corrected chi connectivity index (χ1v) is 8.49. The zero-order valence-electron chi connectivity index (χ0n) is 14.4. The van der Waals surface area contributed by atoms with Crippen LogP contribution >= 0.6 is 0 Å². The number of halogens is 1. The van der Waals surface area contributed by atoms with Crippen LogP contribution in [0, 0.1) is 5.82 Å². The highest BCUT2D eigenvalue weighted by Crippen LogP contribution is 2.16. The average molecular weight is 335 g/mol. The second-order valence-electron chi connectivity index (χ2n) is 6.59. The maximum absolute atomic E-state index is 13.8. The van der Waals surface area contributed by atoms with Gasteiger partial charge in [0.25, 0.3) is 5.91 Å². The van der Waals surface area contributed by atoms with Crippen LogP contribution in [0.15, 0.2) is 24.3 Å². The van der Waals surface area contributed by atoms with Crippen LogP contribution in [-0.4, -0.2) is 53.3 Å². The molecule has 0 radical (unpaired) electrons. The fraction of sp³-hybridized carbons (Fsp3) is 0.556. The van der Waals surface area contributed by atoms with E-state index in [9.17, 15) is 14.0 Å². The Morgan fingerprint density at radius 1 is 1.17 bits per heavy atom. The van der Waals surface area contributed by atoms with Crippen molar-refractivity contribution in [2.24, 2.45) is 5.73 Å². The van der Waals surface area contributed by atoms with E-state index in [-0.39, 0.29) is 17.4 Å². The second kappa shape index (κ2) is 7.75. The number of benzene rings is 1. The lowest BCUT2D eigenvalue weighted by atomic mass is 9.95. The summed E-state index contributed by atoms with van der Waals surface area (Å²) < 4.78 is 13.8. The number of nitrogens with two attached hydrogens (primary N) is 1. The molecule has 1 saturated heterocycles. The van der Waals surface area contributed by atoms with E-state index in [1.807, 2.05) is 6.92 Å². The van der Waals surface area contributed by atoms with Gasteiger partial charge in [0.1, 0.15) is 5.82 Å². The Labute approximate surface area is 142 Å². The van der Waals surface area contributed by atoms with Gasteiger partial charge in [-0.25, -0.2) is 4.39 Å². The summed E-state index contributed by atoms with van der Waals surface area (Å²) in [5.41, 5.74) is 5.34. The van der Waals surface area contributed by atoms with Crippen molar-refractivity contribution in [3.05, 3.63) is 35.6 Å². The smallest absolute Gasteiger partial charge is 0.256 e. The van der Waals surface area contributed by atoms with Crippen LogP contribution in [0.2, 0.25) is 0 Å². The number of amides is 2. The molecule has 1 heterocycles. The maximum Gasteiger partial charge on any atom is 0.256 e. The molecule has 1 aromatic rings. The van der Waals surface area contributed by atoms with Gasteiger partial charge in [-0.2, -0.15) is 0 Å². The summed E-state index contributed by atoms with van der Waals surface area (Å²) >= 11 is 0. The zero-order valence-corrected chi connectivity index (χ0v) is 14.4. The van der Waals surface area contributed by atoms with Gasteiger partial charge in [0.05, 0.1) is 11.1 Å². The Balaban J connectivity index is 2.04. The first kappa shape index (κ1) is 18.4. The minimum absolute atomic E-state index is 0.0759. The predicted octanol–water partition coefficient (Wildman–Crippen LogP) is 2.02. The van der Waals surface area contributed by atoms with E-state index < -0.39 is 11.4 Å². The summed E-state index contributed by atoms with van der Waals surface area (Å²) in [4.78, 5) is 28.4. The van der Waals surface area contributed by atoms with Crippen LogP contribution in [0.3, 0.4) is 0 Å².